The molecule has 0 bridgehead atoms. The number of esters is 1. The summed E-state index contributed by atoms with van der Waals surface area (Å²) in [5.41, 5.74) is 0.648. The average Bonchev–Trinajstić information content (AvgIpc) is 2.13. The number of nitrogens with one attached hydrogen (secondary N) is 1. The summed E-state index contributed by atoms with van der Waals surface area (Å²) in [7, 11) is 0. The molecule has 0 aliphatic carbocycles. The second-order valence-electron chi connectivity index (χ2n) is 2.57. The molecule has 0 radical (unpaired) electrons. The predicted molar refractivity (Wildman–Crippen MR) is 51.7 cm³/mol. The van der Waals surface area contributed by atoms with Crippen LogP contribution in [0.3, 0.4) is 0 Å². The second-order valence-corrected chi connectivity index (χ2v) is 3.24. The Morgan fingerprint density at radius 1 is 1.50 bits per heavy atom. The molecule has 0 fully saturated rings. The Balaban J connectivity index is 4.72. The fourth-order valence-electron chi connectivity index (χ4n) is 0.766. The summed E-state index contributed by atoms with van der Waals surface area (Å²) in [5.74, 6) is -0.643. The van der Waals surface area contributed by atoms with E-state index in [1.54, 1.807) is 13.8 Å². The van der Waals surface area contributed by atoms with E-state index in [1.165, 1.54) is 0 Å². The van der Waals surface area contributed by atoms with Gasteiger partial charge in [-0.1, -0.05) is 6.92 Å². The van der Waals surface area contributed by atoms with E-state index in [9.17, 15) is 13.6 Å². The molecule has 0 aromatic rings. The van der Waals surface area contributed by atoms with Crippen molar-refractivity contribution in [3.05, 3.63) is 11.3 Å². The minimum absolute atomic E-state index is 0.00248. The van der Waals surface area contributed by atoms with Gasteiger partial charge in [-0.05, 0) is 25.8 Å². The van der Waals surface area contributed by atoms with Crippen LogP contribution in [-0.2, 0) is 20.8 Å². The molecule has 0 rings (SSSR count). The van der Waals surface area contributed by atoms with Gasteiger partial charge in [0, 0.05) is 11.3 Å². The lowest BCUT2D eigenvalue weighted by molar-refractivity contribution is -0.138. The van der Waals surface area contributed by atoms with Gasteiger partial charge in [0.15, 0.2) is 0 Å². The van der Waals surface area contributed by atoms with Gasteiger partial charge in [-0.25, -0.2) is 4.79 Å². The lowest BCUT2D eigenvalue weighted by Gasteiger charge is -2.14. The van der Waals surface area contributed by atoms with Gasteiger partial charge in [0.05, 0.1) is 6.61 Å². The first-order valence-corrected chi connectivity index (χ1v) is 5.33. The van der Waals surface area contributed by atoms with E-state index in [0.29, 0.717) is 12.0 Å². The van der Waals surface area contributed by atoms with Crippen LogP contribution in [0.1, 0.15) is 27.2 Å². The van der Waals surface area contributed by atoms with Crippen LogP contribution in [0.4, 0.5) is 0 Å². The first-order chi connectivity index (χ1) is 6.52. The molecule has 0 spiro atoms. The van der Waals surface area contributed by atoms with E-state index < -0.39 is 17.2 Å². The summed E-state index contributed by atoms with van der Waals surface area (Å²) < 4.78 is 27.5. The summed E-state index contributed by atoms with van der Waals surface area (Å²) >= 11 is -2.50. The van der Waals surface area contributed by atoms with Crippen LogP contribution in [0.25, 0.3) is 0 Å². The van der Waals surface area contributed by atoms with E-state index in [1.807, 2.05) is 11.6 Å². The summed E-state index contributed by atoms with van der Waals surface area (Å²) in [6.45, 7) is 5.37. The van der Waals surface area contributed by atoms with Crippen molar-refractivity contribution in [1.29, 1.82) is 0 Å². The summed E-state index contributed by atoms with van der Waals surface area (Å²) in [6, 6.07) is 0. The number of carbonyl (C=O) groups is 1. The number of carbonyl (C=O) groups excluding carboxylic acids is 1. The first kappa shape index (κ1) is 13.1. The van der Waals surface area contributed by atoms with Crippen molar-refractivity contribution in [3.8, 4) is 0 Å². The van der Waals surface area contributed by atoms with Crippen molar-refractivity contribution < 1.29 is 18.3 Å². The minimum Gasteiger partial charge on any atom is -0.755 e. The molecule has 0 amide bonds. The molecule has 6 heteroatoms. The van der Waals surface area contributed by atoms with Crippen LogP contribution >= 0.6 is 0 Å². The van der Waals surface area contributed by atoms with Crippen LogP contribution in [0.2, 0.25) is 0 Å². The monoisotopic (exact) mass is 220 g/mol. The van der Waals surface area contributed by atoms with E-state index in [-0.39, 0.29) is 12.3 Å². The van der Waals surface area contributed by atoms with Crippen LogP contribution in [0.5, 0.6) is 0 Å². The zero-order chi connectivity index (χ0) is 11.1. The minimum atomic E-state index is -2.50. The molecule has 1 unspecified atom stereocenters. The Hall–Kier alpha value is -0.880. The first-order valence-electron chi connectivity index (χ1n) is 4.25. The largest absolute Gasteiger partial charge is 0.755 e. The van der Waals surface area contributed by atoms with Crippen molar-refractivity contribution in [3.63, 3.8) is 0 Å². The third kappa shape index (κ3) is 4.38. The highest BCUT2D eigenvalue weighted by Crippen LogP contribution is 2.07. The molecule has 1 N–H and O–H groups in total. The second kappa shape index (κ2) is 6.56. The Morgan fingerprint density at radius 2 is 2.07 bits per heavy atom. The van der Waals surface area contributed by atoms with Crippen LogP contribution in [-0.4, -0.2) is 21.3 Å². The molecule has 82 valence electrons. The van der Waals surface area contributed by atoms with Gasteiger partial charge in [0.25, 0.3) is 0 Å². The van der Waals surface area contributed by atoms with Crippen LogP contribution in [0.15, 0.2) is 11.3 Å². The fourth-order valence-corrected chi connectivity index (χ4v) is 1.19. The smallest absolute Gasteiger partial charge is 0.355 e. The van der Waals surface area contributed by atoms with Crippen molar-refractivity contribution >= 4 is 17.2 Å². The highest BCUT2D eigenvalue weighted by molar-refractivity contribution is 7.77. The van der Waals surface area contributed by atoms with Gasteiger partial charge in [0.1, 0.15) is 5.70 Å². The van der Waals surface area contributed by atoms with Gasteiger partial charge in [-0.3, -0.25) is 4.21 Å². The maximum atomic E-state index is 11.3. The third-order valence-corrected chi connectivity index (χ3v) is 1.99. The zero-order valence-corrected chi connectivity index (χ0v) is 9.27. The maximum Gasteiger partial charge on any atom is 0.355 e. The van der Waals surface area contributed by atoms with Crippen molar-refractivity contribution in [2.24, 2.45) is 0 Å². The highest BCUT2D eigenvalue weighted by atomic mass is 32.2. The molecular weight excluding hydrogens is 206 g/mol. The molecule has 0 saturated heterocycles. The predicted octanol–water partition coefficient (Wildman–Crippen LogP) is 0.617. The van der Waals surface area contributed by atoms with E-state index in [0.717, 1.165) is 0 Å². The number of rotatable bonds is 5. The molecule has 0 aromatic heterocycles. The topological polar surface area (TPSA) is 78.5 Å². The summed E-state index contributed by atoms with van der Waals surface area (Å²) in [6.07, 6.45) is 0.582. The molecule has 5 nitrogen and oxygen atoms in total. The molecule has 0 aliphatic heterocycles. The standard InChI is InChI=1S/C8H15NO4S/c1-4-6(3)7(9-14(11)12)8(10)13-5-2/h9H,4-5H2,1-3H3,(H,11,12)/p-1. The Bertz CT molecular complexity index is 262. The molecule has 0 saturated carbocycles. The van der Waals surface area contributed by atoms with E-state index >= 15 is 0 Å². The molecule has 14 heavy (non-hydrogen) atoms. The van der Waals surface area contributed by atoms with Crippen molar-refractivity contribution in [2.75, 3.05) is 6.61 Å². The van der Waals surface area contributed by atoms with Crippen molar-refractivity contribution in [2.45, 2.75) is 27.2 Å². The number of hydrogen-bond acceptors (Lipinski definition) is 4. The molecule has 1 atom stereocenters. The maximum absolute atomic E-state index is 11.3. The van der Waals surface area contributed by atoms with Crippen LogP contribution < -0.4 is 4.72 Å². The summed E-state index contributed by atoms with van der Waals surface area (Å²) in [4.78, 5) is 11.3. The SMILES string of the molecule is CCOC(=O)C(NS(=O)[O-])=C(C)CC. The Labute approximate surface area is 85.9 Å². The normalized spacial score (nSPS) is 14.3. The number of allylic oxidation sites excluding steroid dienone is 1. The van der Waals surface area contributed by atoms with Gasteiger partial charge in [-0.2, -0.15) is 0 Å². The summed E-state index contributed by atoms with van der Waals surface area (Å²) in [5, 5.41) is 0. The molecule has 0 heterocycles. The van der Waals surface area contributed by atoms with Gasteiger partial charge < -0.3 is 14.0 Å². The lowest BCUT2D eigenvalue weighted by atomic mass is 10.2. The van der Waals surface area contributed by atoms with Crippen LogP contribution in [0, 0.1) is 0 Å². The zero-order valence-electron chi connectivity index (χ0n) is 8.46. The van der Waals surface area contributed by atoms with Gasteiger partial charge in [0.2, 0.25) is 0 Å². The number of hydrogen-bond donors (Lipinski definition) is 1. The van der Waals surface area contributed by atoms with E-state index in [2.05, 4.69) is 0 Å². The van der Waals surface area contributed by atoms with Crippen molar-refractivity contribution in [1.82, 2.24) is 4.72 Å². The molecule has 0 aromatic carbocycles. The molecule has 0 aliphatic rings. The quantitative estimate of drug-likeness (QED) is 0.418. The Morgan fingerprint density at radius 3 is 2.43 bits per heavy atom. The number of ether oxygens (including phenoxy) is 1. The molecular formula is C8H14NO4S-. The van der Waals surface area contributed by atoms with Gasteiger partial charge >= 0.3 is 5.97 Å². The van der Waals surface area contributed by atoms with E-state index in [4.69, 9.17) is 4.74 Å². The lowest BCUT2D eigenvalue weighted by Crippen LogP contribution is -2.25. The highest BCUT2D eigenvalue weighted by Gasteiger charge is 2.12. The third-order valence-electron chi connectivity index (χ3n) is 1.62. The van der Waals surface area contributed by atoms with Gasteiger partial charge in [-0.15, -0.1) is 0 Å². The average molecular weight is 220 g/mol. The Kier molecular flexibility index (Phi) is 6.14. The fraction of sp³-hybridized carbons (Fsp3) is 0.625.